The van der Waals surface area contributed by atoms with Crippen LogP contribution in [0.4, 0.5) is 0 Å². The highest BCUT2D eigenvalue weighted by molar-refractivity contribution is 7.80. The van der Waals surface area contributed by atoms with Gasteiger partial charge in [0.15, 0.2) is 0 Å². The summed E-state index contributed by atoms with van der Waals surface area (Å²) < 4.78 is 0. The van der Waals surface area contributed by atoms with Crippen LogP contribution in [0, 0.1) is 0 Å². The third-order valence-corrected chi connectivity index (χ3v) is 3.66. The molecule has 0 spiro atoms. The third kappa shape index (κ3) is 14.3. The lowest BCUT2D eigenvalue weighted by molar-refractivity contribution is 0.312. The highest BCUT2D eigenvalue weighted by Crippen LogP contribution is 2.04. The predicted octanol–water partition coefficient (Wildman–Crippen LogP) is 3.53. The molecule has 0 radical (unpaired) electrons. The maximum absolute atomic E-state index is 4.24. The molecule has 0 saturated heterocycles. The van der Waals surface area contributed by atoms with E-state index in [0.717, 1.165) is 5.75 Å². The highest BCUT2D eigenvalue weighted by Gasteiger charge is 1.98. The van der Waals surface area contributed by atoms with Crippen molar-refractivity contribution in [2.75, 3.05) is 46.5 Å². The molecule has 0 aliphatic carbocycles. The van der Waals surface area contributed by atoms with Crippen molar-refractivity contribution in [1.29, 1.82) is 0 Å². The standard InChI is InChI=1S/C15H34N2S/c1-16(2)12-8-4-5-9-13-17(3)14-10-6-7-11-15-18/h18H,4-15H2,1-3H3. The molecule has 0 amide bonds. The molecule has 0 rings (SSSR count). The smallest absolute Gasteiger partial charge is 0.00218 e. The molecular weight excluding hydrogens is 240 g/mol. The van der Waals surface area contributed by atoms with E-state index in [1.54, 1.807) is 0 Å². The largest absolute Gasteiger partial charge is 0.309 e. The maximum atomic E-state index is 4.24. The zero-order valence-corrected chi connectivity index (χ0v) is 13.7. The Morgan fingerprint density at radius 2 is 1.06 bits per heavy atom. The number of hydrogen-bond acceptors (Lipinski definition) is 3. The topological polar surface area (TPSA) is 6.48 Å². The van der Waals surface area contributed by atoms with Crippen molar-refractivity contribution < 1.29 is 0 Å². The minimum atomic E-state index is 1.04. The van der Waals surface area contributed by atoms with Crippen molar-refractivity contribution in [3.8, 4) is 0 Å². The van der Waals surface area contributed by atoms with Crippen LogP contribution in [-0.4, -0.2) is 56.3 Å². The van der Waals surface area contributed by atoms with Gasteiger partial charge >= 0.3 is 0 Å². The quantitative estimate of drug-likeness (QED) is 0.405. The van der Waals surface area contributed by atoms with E-state index in [4.69, 9.17) is 0 Å². The second kappa shape index (κ2) is 13.7. The van der Waals surface area contributed by atoms with Gasteiger partial charge in [-0.15, -0.1) is 0 Å². The van der Waals surface area contributed by atoms with E-state index in [1.807, 2.05) is 0 Å². The molecular formula is C15H34N2S. The summed E-state index contributed by atoms with van der Waals surface area (Å²) in [4.78, 5) is 4.77. The fraction of sp³-hybridized carbons (Fsp3) is 1.00. The lowest BCUT2D eigenvalue weighted by Gasteiger charge is -2.16. The van der Waals surface area contributed by atoms with Crippen LogP contribution in [0.3, 0.4) is 0 Å². The van der Waals surface area contributed by atoms with Crippen LogP contribution in [0.25, 0.3) is 0 Å². The Labute approximate surface area is 121 Å². The average molecular weight is 275 g/mol. The number of unbranched alkanes of at least 4 members (excludes halogenated alkanes) is 6. The molecule has 0 saturated carbocycles. The fourth-order valence-corrected chi connectivity index (χ4v) is 2.35. The van der Waals surface area contributed by atoms with Crippen molar-refractivity contribution in [2.24, 2.45) is 0 Å². The summed E-state index contributed by atoms with van der Waals surface area (Å²) >= 11 is 4.24. The van der Waals surface area contributed by atoms with Gasteiger partial charge in [-0.25, -0.2) is 0 Å². The molecule has 2 nitrogen and oxygen atoms in total. The molecule has 0 bridgehead atoms. The van der Waals surface area contributed by atoms with Crippen LogP contribution in [0.1, 0.15) is 51.4 Å². The summed E-state index contributed by atoms with van der Waals surface area (Å²) in [6.45, 7) is 3.78. The Bertz CT molecular complexity index is 163. The summed E-state index contributed by atoms with van der Waals surface area (Å²) in [7, 11) is 6.57. The molecule has 0 heterocycles. The molecule has 0 aliphatic rings. The van der Waals surface area contributed by atoms with Crippen LogP contribution in [-0.2, 0) is 0 Å². The van der Waals surface area contributed by atoms with E-state index < -0.39 is 0 Å². The van der Waals surface area contributed by atoms with Gasteiger partial charge in [0.05, 0.1) is 0 Å². The molecule has 0 fully saturated rings. The summed E-state index contributed by atoms with van der Waals surface area (Å²) in [5.41, 5.74) is 0. The molecule has 0 aromatic rings. The van der Waals surface area contributed by atoms with Gasteiger partial charge in [0.2, 0.25) is 0 Å². The number of nitrogens with zero attached hydrogens (tertiary/aromatic N) is 2. The molecule has 18 heavy (non-hydrogen) atoms. The van der Waals surface area contributed by atoms with E-state index >= 15 is 0 Å². The second-order valence-corrected chi connectivity index (χ2v) is 6.11. The monoisotopic (exact) mass is 274 g/mol. The van der Waals surface area contributed by atoms with Crippen molar-refractivity contribution in [3.63, 3.8) is 0 Å². The summed E-state index contributed by atoms with van der Waals surface area (Å²) in [5.74, 6) is 1.04. The summed E-state index contributed by atoms with van der Waals surface area (Å²) in [6.07, 6.45) is 10.8. The van der Waals surface area contributed by atoms with Gasteiger partial charge in [-0.2, -0.15) is 12.6 Å². The first kappa shape index (κ1) is 18.3. The molecule has 0 unspecified atom stereocenters. The highest BCUT2D eigenvalue weighted by atomic mass is 32.1. The molecule has 3 heteroatoms. The first-order valence-corrected chi connectivity index (χ1v) is 8.24. The van der Waals surface area contributed by atoms with E-state index in [0.29, 0.717) is 0 Å². The Kier molecular flexibility index (Phi) is 13.9. The van der Waals surface area contributed by atoms with Gasteiger partial charge in [-0.1, -0.05) is 25.7 Å². The zero-order chi connectivity index (χ0) is 13.6. The molecule has 0 aromatic heterocycles. The predicted molar refractivity (Wildman–Crippen MR) is 86.8 cm³/mol. The molecule has 0 N–H and O–H groups in total. The number of rotatable bonds is 13. The van der Waals surface area contributed by atoms with Gasteiger partial charge in [0.1, 0.15) is 0 Å². The van der Waals surface area contributed by atoms with E-state index in [1.165, 1.54) is 71.0 Å². The fourth-order valence-electron chi connectivity index (χ4n) is 2.12. The van der Waals surface area contributed by atoms with Crippen molar-refractivity contribution in [2.45, 2.75) is 51.4 Å². The van der Waals surface area contributed by atoms with Crippen LogP contribution in [0.15, 0.2) is 0 Å². The Hall–Kier alpha value is 0.270. The van der Waals surface area contributed by atoms with Crippen molar-refractivity contribution in [1.82, 2.24) is 9.80 Å². The van der Waals surface area contributed by atoms with Crippen LogP contribution in [0.2, 0.25) is 0 Å². The average Bonchev–Trinajstić information content (AvgIpc) is 2.33. The summed E-state index contributed by atoms with van der Waals surface area (Å²) in [6, 6.07) is 0. The number of thiol groups is 1. The second-order valence-electron chi connectivity index (χ2n) is 5.66. The molecule has 0 atom stereocenters. The Balaban J connectivity index is 3.14. The van der Waals surface area contributed by atoms with Gasteiger partial charge in [0, 0.05) is 0 Å². The Morgan fingerprint density at radius 3 is 1.50 bits per heavy atom. The van der Waals surface area contributed by atoms with Gasteiger partial charge in [-0.05, 0) is 72.2 Å². The van der Waals surface area contributed by atoms with E-state index in [9.17, 15) is 0 Å². The maximum Gasteiger partial charge on any atom is -0.00218 e. The molecule has 110 valence electrons. The Morgan fingerprint density at radius 1 is 0.611 bits per heavy atom. The third-order valence-electron chi connectivity index (χ3n) is 3.34. The minimum absolute atomic E-state index is 1.04. The van der Waals surface area contributed by atoms with E-state index in [-0.39, 0.29) is 0 Å². The van der Waals surface area contributed by atoms with Crippen LogP contribution >= 0.6 is 12.6 Å². The van der Waals surface area contributed by atoms with Crippen molar-refractivity contribution in [3.05, 3.63) is 0 Å². The lowest BCUT2D eigenvalue weighted by atomic mass is 10.1. The molecule has 0 aliphatic heterocycles. The number of hydrogen-bond donors (Lipinski definition) is 1. The molecule has 0 aromatic carbocycles. The lowest BCUT2D eigenvalue weighted by Crippen LogP contribution is -2.21. The minimum Gasteiger partial charge on any atom is -0.309 e. The summed E-state index contributed by atoms with van der Waals surface area (Å²) in [5, 5.41) is 0. The van der Waals surface area contributed by atoms with Gasteiger partial charge in [0.25, 0.3) is 0 Å². The van der Waals surface area contributed by atoms with Crippen molar-refractivity contribution >= 4 is 12.6 Å². The normalized spacial score (nSPS) is 11.7. The first-order chi connectivity index (χ1) is 8.66. The van der Waals surface area contributed by atoms with E-state index in [2.05, 4.69) is 43.6 Å². The van der Waals surface area contributed by atoms with Crippen LogP contribution in [0.5, 0.6) is 0 Å². The zero-order valence-electron chi connectivity index (χ0n) is 12.8. The first-order valence-electron chi connectivity index (χ1n) is 7.61. The van der Waals surface area contributed by atoms with Gasteiger partial charge < -0.3 is 9.80 Å². The van der Waals surface area contributed by atoms with Crippen LogP contribution < -0.4 is 0 Å². The SMILES string of the molecule is CN(C)CCCCCCN(C)CCCCCCS. The van der Waals surface area contributed by atoms with Gasteiger partial charge in [-0.3, -0.25) is 0 Å².